The zero-order valence-electron chi connectivity index (χ0n) is 12.5. The van der Waals surface area contributed by atoms with Gasteiger partial charge in [-0.3, -0.25) is 14.6 Å². The molecule has 22 heavy (non-hydrogen) atoms. The first-order valence-corrected chi connectivity index (χ1v) is 7.62. The van der Waals surface area contributed by atoms with Crippen LogP contribution in [0.2, 0.25) is 0 Å². The van der Waals surface area contributed by atoms with Crippen LogP contribution in [0.15, 0.2) is 12.4 Å². The van der Waals surface area contributed by atoms with Crippen LogP contribution in [0.1, 0.15) is 12.2 Å². The number of aromatic nitrogens is 2. The third-order valence-electron chi connectivity index (χ3n) is 4.04. The summed E-state index contributed by atoms with van der Waals surface area (Å²) in [4.78, 5) is 36.7. The SMILES string of the molecule is O=C(CN1CCOC1=O)N1CCCN(Cc2ncc[nH]2)CC1. The minimum absolute atomic E-state index is 0.00120. The molecule has 8 nitrogen and oxygen atoms in total. The lowest BCUT2D eigenvalue weighted by Crippen LogP contribution is -2.42. The number of cyclic esters (lactones) is 1. The molecule has 2 fully saturated rings. The number of nitrogens with zero attached hydrogens (tertiary/aromatic N) is 4. The average molecular weight is 307 g/mol. The second-order valence-electron chi connectivity index (χ2n) is 5.58. The van der Waals surface area contributed by atoms with Crippen LogP contribution in [-0.2, 0) is 16.1 Å². The average Bonchev–Trinajstić information content (AvgIpc) is 3.08. The zero-order valence-corrected chi connectivity index (χ0v) is 12.5. The number of H-pyrrole nitrogens is 1. The Morgan fingerprint density at radius 1 is 1.27 bits per heavy atom. The third kappa shape index (κ3) is 3.56. The number of hydrogen-bond acceptors (Lipinski definition) is 5. The van der Waals surface area contributed by atoms with Gasteiger partial charge in [0.25, 0.3) is 0 Å². The number of carbonyl (C=O) groups is 2. The minimum Gasteiger partial charge on any atom is -0.448 e. The van der Waals surface area contributed by atoms with Crippen molar-refractivity contribution in [3.63, 3.8) is 0 Å². The molecule has 0 aliphatic carbocycles. The number of rotatable bonds is 4. The molecule has 2 aliphatic rings. The summed E-state index contributed by atoms with van der Waals surface area (Å²) in [5.41, 5.74) is 0. The van der Waals surface area contributed by atoms with Gasteiger partial charge in [-0.05, 0) is 6.42 Å². The predicted octanol–water partition coefficient (Wildman–Crippen LogP) is -0.104. The van der Waals surface area contributed by atoms with E-state index in [1.54, 1.807) is 6.20 Å². The molecule has 0 atom stereocenters. The lowest BCUT2D eigenvalue weighted by molar-refractivity contribution is -0.131. The van der Waals surface area contributed by atoms with Crippen molar-refractivity contribution >= 4 is 12.0 Å². The molecule has 2 aliphatic heterocycles. The molecule has 0 saturated carbocycles. The fourth-order valence-electron chi connectivity index (χ4n) is 2.81. The highest BCUT2D eigenvalue weighted by Crippen LogP contribution is 2.09. The Labute approximate surface area is 129 Å². The van der Waals surface area contributed by atoms with Gasteiger partial charge in [-0.15, -0.1) is 0 Å². The van der Waals surface area contributed by atoms with Crippen LogP contribution in [0.5, 0.6) is 0 Å². The molecule has 0 unspecified atom stereocenters. The Balaban J connectivity index is 1.49. The molecular weight excluding hydrogens is 286 g/mol. The Hall–Kier alpha value is -2.09. The summed E-state index contributed by atoms with van der Waals surface area (Å²) in [5.74, 6) is 0.943. The quantitative estimate of drug-likeness (QED) is 0.840. The van der Waals surface area contributed by atoms with Gasteiger partial charge in [0.15, 0.2) is 0 Å². The summed E-state index contributed by atoms with van der Waals surface area (Å²) in [6, 6.07) is 0. The summed E-state index contributed by atoms with van der Waals surface area (Å²) in [6.45, 7) is 4.95. The molecule has 0 aromatic carbocycles. The second kappa shape index (κ2) is 6.78. The number of carbonyl (C=O) groups excluding carboxylic acids is 2. The Morgan fingerprint density at radius 2 is 2.18 bits per heavy atom. The number of nitrogens with one attached hydrogen (secondary N) is 1. The maximum atomic E-state index is 12.3. The highest BCUT2D eigenvalue weighted by Gasteiger charge is 2.27. The van der Waals surface area contributed by atoms with Crippen molar-refractivity contribution in [2.24, 2.45) is 0 Å². The molecule has 0 spiro atoms. The third-order valence-corrected chi connectivity index (χ3v) is 4.04. The molecule has 120 valence electrons. The van der Waals surface area contributed by atoms with Crippen LogP contribution in [0.25, 0.3) is 0 Å². The van der Waals surface area contributed by atoms with Crippen LogP contribution in [0.3, 0.4) is 0 Å². The van der Waals surface area contributed by atoms with Gasteiger partial charge in [-0.1, -0.05) is 0 Å². The molecule has 1 aromatic heterocycles. The van der Waals surface area contributed by atoms with Gasteiger partial charge in [-0.25, -0.2) is 9.78 Å². The van der Waals surface area contributed by atoms with Crippen LogP contribution < -0.4 is 0 Å². The van der Waals surface area contributed by atoms with E-state index in [4.69, 9.17) is 4.74 Å². The lowest BCUT2D eigenvalue weighted by Gasteiger charge is -2.23. The van der Waals surface area contributed by atoms with E-state index in [1.165, 1.54) is 4.90 Å². The Bertz CT molecular complexity index is 519. The molecule has 8 heteroatoms. The van der Waals surface area contributed by atoms with E-state index >= 15 is 0 Å². The van der Waals surface area contributed by atoms with Gasteiger partial charge in [0.2, 0.25) is 5.91 Å². The van der Waals surface area contributed by atoms with E-state index in [1.807, 2.05) is 11.1 Å². The standard InChI is InChI=1S/C14H21N5O3/c20-13(11-19-8-9-22-14(19)21)18-5-1-4-17(6-7-18)10-12-15-2-3-16-12/h2-3H,1,4-11H2,(H,15,16). The minimum atomic E-state index is -0.386. The first-order chi connectivity index (χ1) is 10.7. The van der Waals surface area contributed by atoms with Crippen molar-refractivity contribution in [3.05, 3.63) is 18.2 Å². The van der Waals surface area contributed by atoms with Gasteiger partial charge in [0, 0.05) is 38.6 Å². The lowest BCUT2D eigenvalue weighted by atomic mass is 10.3. The molecule has 1 N–H and O–H groups in total. The topological polar surface area (TPSA) is 81.8 Å². The van der Waals surface area contributed by atoms with E-state index in [0.29, 0.717) is 19.7 Å². The number of aromatic amines is 1. The molecule has 3 heterocycles. The first-order valence-electron chi connectivity index (χ1n) is 7.62. The van der Waals surface area contributed by atoms with Crippen molar-refractivity contribution in [1.29, 1.82) is 0 Å². The second-order valence-corrected chi connectivity index (χ2v) is 5.58. The Kier molecular flexibility index (Phi) is 4.57. The van der Waals surface area contributed by atoms with E-state index < -0.39 is 0 Å². The number of ether oxygens (including phenoxy) is 1. The van der Waals surface area contributed by atoms with E-state index in [9.17, 15) is 9.59 Å². The smallest absolute Gasteiger partial charge is 0.410 e. The molecule has 0 radical (unpaired) electrons. The van der Waals surface area contributed by atoms with Gasteiger partial charge in [0.05, 0.1) is 13.1 Å². The summed E-state index contributed by atoms with van der Waals surface area (Å²) < 4.78 is 4.85. The van der Waals surface area contributed by atoms with Gasteiger partial charge < -0.3 is 14.6 Å². The monoisotopic (exact) mass is 307 g/mol. The fourth-order valence-corrected chi connectivity index (χ4v) is 2.81. The maximum Gasteiger partial charge on any atom is 0.410 e. The van der Waals surface area contributed by atoms with Crippen molar-refractivity contribution in [2.75, 3.05) is 45.9 Å². The van der Waals surface area contributed by atoms with Crippen molar-refractivity contribution < 1.29 is 14.3 Å². The summed E-state index contributed by atoms with van der Waals surface area (Å²) in [6.07, 6.45) is 4.11. The maximum absolute atomic E-state index is 12.3. The molecule has 3 rings (SSSR count). The van der Waals surface area contributed by atoms with E-state index in [2.05, 4.69) is 14.9 Å². The summed E-state index contributed by atoms with van der Waals surface area (Å²) in [5, 5.41) is 0. The number of hydrogen-bond donors (Lipinski definition) is 1. The predicted molar refractivity (Wildman–Crippen MR) is 78.0 cm³/mol. The highest BCUT2D eigenvalue weighted by atomic mass is 16.6. The van der Waals surface area contributed by atoms with Crippen LogP contribution in [0, 0.1) is 0 Å². The van der Waals surface area contributed by atoms with Gasteiger partial charge in [-0.2, -0.15) is 0 Å². The zero-order chi connectivity index (χ0) is 15.4. The Morgan fingerprint density at radius 3 is 2.91 bits per heavy atom. The molecule has 0 bridgehead atoms. The number of imidazole rings is 1. The van der Waals surface area contributed by atoms with Crippen molar-refractivity contribution in [3.8, 4) is 0 Å². The number of amides is 2. The fraction of sp³-hybridized carbons (Fsp3) is 0.643. The normalized spacial score (nSPS) is 20.1. The van der Waals surface area contributed by atoms with E-state index in [0.717, 1.165) is 38.4 Å². The molecular formula is C14H21N5O3. The highest BCUT2D eigenvalue weighted by molar-refractivity contribution is 5.82. The summed E-state index contributed by atoms with van der Waals surface area (Å²) >= 11 is 0. The van der Waals surface area contributed by atoms with E-state index in [-0.39, 0.29) is 18.5 Å². The van der Waals surface area contributed by atoms with Crippen molar-refractivity contribution in [2.45, 2.75) is 13.0 Å². The van der Waals surface area contributed by atoms with Crippen molar-refractivity contribution in [1.82, 2.24) is 24.7 Å². The molecule has 2 saturated heterocycles. The van der Waals surface area contributed by atoms with Crippen LogP contribution >= 0.6 is 0 Å². The van der Waals surface area contributed by atoms with Gasteiger partial charge in [0.1, 0.15) is 19.0 Å². The molecule has 1 aromatic rings. The van der Waals surface area contributed by atoms with Gasteiger partial charge >= 0.3 is 6.09 Å². The molecule has 2 amide bonds. The van der Waals surface area contributed by atoms with Crippen LogP contribution in [-0.4, -0.2) is 82.5 Å². The first kappa shape index (κ1) is 14.8. The summed E-state index contributed by atoms with van der Waals surface area (Å²) in [7, 11) is 0. The van der Waals surface area contributed by atoms with Crippen LogP contribution in [0.4, 0.5) is 4.79 Å². The largest absolute Gasteiger partial charge is 0.448 e.